The third-order valence-corrected chi connectivity index (χ3v) is 2.80. The molecule has 0 spiro atoms. The van der Waals surface area contributed by atoms with Gasteiger partial charge in [-0.3, -0.25) is 0 Å². The predicted molar refractivity (Wildman–Crippen MR) is 53.1 cm³/mol. The molecule has 0 unspecified atom stereocenters. The van der Waals surface area contributed by atoms with Crippen molar-refractivity contribution in [2.75, 3.05) is 0 Å². The van der Waals surface area contributed by atoms with Gasteiger partial charge < -0.3 is 3.75 Å². The molecule has 0 N–H and O–H groups in total. The van der Waals surface area contributed by atoms with E-state index in [9.17, 15) is 4.91 Å². The van der Waals surface area contributed by atoms with E-state index in [-0.39, 0.29) is 12.5 Å². The molecule has 46 valence electrons. The van der Waals surface area contributed by atoms with Crippen LogP contribution in [-0.2, 0) is 3.75 Å². The smallest absolute Gasteiger partial charge is 0.342 e. The van der Waals surface area contributed by atoms with Crippen LogP contribution in [0.25, 0.3) is 0 Å². The molecular weight excluding hydrogens is 307 g/mol. The summed E-state index contributed by atoms with van der Waals surface area (Å²) in [5.74, 6) is 0. The second-order valence-electron chi connectivity index (χ2n) is 0.543. The van der Waals surface area contributed by atoms with Crippen molar-refractivity contribution in [2.45, 2.75) is 0 Å². The Morgan fingerprint density at radius 3 is 2.50 bits per heavy atom. The van der Waals surface area contributed by atoms with Gasteiger partial charge in [-0.15, -0.1) is 4.91 Å². The van der Waals surface area contributed by atoms with Crippen molar-refractivity contribution in [3.63, 3.8) is 0 Å². The number of nitrogens with zero attached hydrogens (tertiary/aromatic N) is 1. The molecule has 0 aliphatic rings. The normalized spacial score (nSPS) is 7.25. The lowest BCUT2D eigenvalue weighted by atomic mass is 10.6. The third-order valence-electron chi connectivity index (χ3n) is 0.196. The highest BCUT2D eigenvalue weighted by molar-refractivity contribution is 14.1. The lowest BCUT2D eigenvalue weighted by molar-refractivity contribution is 0.753. The van der Waals surface area contributed by atoms with Gasteiger partial charge in [-0.25, -0.2) is 0 Å². The Hall–Kier alpha value is 1.25. The first-order valence-corrected chi connectivity index (χ1v) is 3.94. The van der Waals surface area contributed by atoms with E-state index in [1.165, 1.54) is 0 Å². The van der Waals surface area contributed by atoms with Gasteiger partial charge in [0.05, 0.1) is 24.7 Å². The Bertz CT molecular complexity index is 66.0. The highest BCUT2D eigenvalue weighted by atomic mass is 127. The van der Waals surface area contributed by atoms with Gasteiger partial charge in [0.2, 0.25) is 0 Å². The number of nitroso groups, excluding NO2 is 1. The zero-order chi connectivity index (χ0) is 5.70. The fourth-order valence-electron chi connectivity index (χ4n) is 0.0501. The molecule has 0 aliphatic carbocycles. The van der Waals surface area contributed by atoms with Gasteiger partial charge >= 0.3 is 4.05 Å². The Balaban J connectivity index is 0. The van der Waals surface area contributed by atoms with Crippen LogP contribution in [0.1, 0.15) is 0 Å². The van der Waals surface area contributed by atoms with Gasteiger partial charge in [-0.2, -0.15) is 0 Å². The van der Waals surface area contributed by atoms with Gasteiger partial charge in [-0.05, 0) is 4.58 Å². The van der Waals surface area contributed by atoms with Crippen LogP contribution < -0.4 is 0 Å². The Morgan fingerprint density at radius 2 is 2.38 bits per heavy atom. The van der Waals surface area contributed by atoms with Crippen molar-refractivity contribution in [1.82, 2.24) is 0 Å². The minimum atomic E-state index is -0.227. The molecule has 0 amide bonds. The zero-order valence-electron chi connectivity index (χ0n) is 3.01. The molecule has 3 nitrogen and oxygen atoms in total. The molecule has 8 heavy (non-hydrogen) atoms. The molecule has 0 saturated heterocycles. The summed E-state index contributed by atoms with van der Waals surface area (Å²) in [7, 11) is 0. The number of hydrogen-bond donors (Lipinski definition) is 0. The minimum absolute atomic E-state index is 0. The van der Waals surface area contributed by atoms with E-state index in [1.54, 1.807) is 0 Å². The maximum absolute atomic E-state index is 9.38. The highest BCUT2D eigenvalue weighted by Gasteiger charge is 2.10. The molecule has 0 atom stereocenters. The van der Waals surface area contributed by atoms with Crippen LogP contribution in [0.3, 0.4) is 0 Å². The minimum Gasteiger partial charge on any atom is -0.342 e. The van der Waals surface area contributed by atoms with Gasteiger partial charge in [0.1, 0.15) is 0 Å². The second-order valence-corrected chi connectivity index (χ2v) is 3.68. The van der Waals surface area contributed by atoms with Gasteiger partial charge in [0, 0.05) is 11.8 Å². The second kappa shape index (κ2) is 8.25. The monoisotopic (exact) mass is 309 g/mol. The number of hydrogen-bond acceptors (Lipinski definition) is 4. The van der Waals surface area contributed by atoms with E-state index in [0.717, 1.165) is 11.8 Å². The van der Waals surface area contributed by atoms with Crippen molar-refractivity contribution in [3.05, 3.63) is 4.91 Å². The molecule has 0 aromatic carbocycles. The van der Waals surface area contributed by atoms with Crippen molar-refractivity contribution < 1.29 is 3.75 Å². The number of halogens is 2. The molecule has 0 rings (SSSR count). The van der Waals surface area contributed by atoms with Crippen LogP contribution >= 0.6 is 50.4 Å². The maximum atomic E-state index is 9.38. The van der Waals surface area contributed by atoms with Crippen LogP contribution in [-0.4, -0.2) is 12.5 Å². The summed E-state index contributed by atoms with van der Waals surface area (Å²) in [5, 5.41) is 0. The molecule has 0 fully saturated rings. The van der Waals surface area contributed by atoms with E-state index in [2.05, 4.69) is 24.6 Å². The molecular formula is H3B2BrINO2S. The Kier molecular flexibility index (Phi) is 12.4. The first-order chi connectivity index (χ1) is 3.31. The highest BCUT2D eigenvalue weighted by Crippen LogP contribution is 2.16. The lowest BCUT2D eigenvalue weighted by Crippen LogP contribution is -1.91. The molecule has 0 radical (unpaired) electrons. The predicted octanol–water partition coefficient (Wildman–Crippen LogP) is 0.963. The summed E-state index contributed by atoms with van der Waals surface area (Å²) >= 11 is 5.41. The van der Waals surface area contributed by atoms with E-state index < -0.39 is 0 Å². The van der Waals surface area contributed by atoms with Crippen molar-refractivity contribution >= 4 is 62.9 Å². The molecule has 8 heteroatoms. The van der Waals surface area contributed by atoms with Crippen molar-refractivity contribution in [3.8, 4) is 0 Å². The molecule has 0 aliphatic heterocycles. The summed E-state index contributed by atoms with van der Waals surface area (Å²) in [6.07, 6.45) is 0. The van der Waals surface area contributed by atoms with Crippen LogP contribution in [0.5, 0.6) is 0 Å². The average molecular weight is 310 g/mol. The van der Waals surface area contributed by atoms with E-state index in [4.69, 9.17) is 0 Å². The van der Waals surface area contributed by atoms with Crippen LogP contribution in [0.2, 0.25) is 0 Å². The van der Waals surface area contributed by atoms with Crippen LogP contribution in [0, 0.1) is 4.91 Å². The first-order valence-electron chi connectivity index (χ1n) is 1.21. The summed E-state index contributed by atoms with van der Waals surface area (Å²) in [4.78, 5) is 9.38. The molecule has 0 aromatic heterocycles. The van der Waals surface area contributed by atoms with E-state index in [1.807, 2.05) is 22.4 Å². The molecule has 0 bridgehead atoms. The Labute approximate surface area is 75.7 Å². The van der Waals surface area contributed by atoms with Crippen LogP contribution in [0.15, 0.2) is 4.58 Å². The molecule has 0 heterocycles. The quantitative estimate of drug-likeness (QED) is 0.337. The third kappa shape index (κ3) is 7.25. The first kappa shape index (κ1) is 12.0. The summed E-state index contributed by atoms with van der Waals surface area (Å²) < 4.78 is 6.74. The largest absolute Gasteiger partial charge is 0.473 e. The van der Waals surface area contributed by atoms with Gasteiger partial charge in [0.15, 0.2) is 0 Å². The molecule has 0 saturated carbocycles. The topological polar surface area (TPSA) is 38.7 Å². The summed E-state index contributed by atoms with van der Waals surface area (Å²) in [5.41, 5.74) is 0. The zero-order valence-corrected chi connectivity index (χ0v) is 7.57. The van der Waals surface area contributed by atoms with E-state index in [0.29, 0.717) is 0 Å². The maximum Gasteiger partial charge on any atom is 0.473 e. The SMILES string of the molecule is B.O=NSB(I)OBr. The van der Waals surface area contributed by atoms with Crippen LogP contribution in [0.4, 0.5) is 0 Å². The molecule has 0 aromatic rings. The summed E-state index contributed by atoms with van der Waals surface area (Å²) in [6.45, 7) is 0. The van der Waals surface area contributed by atoms with Gasteiger partial charge in [0.25, 0.3) is 0 Å². The van der Waals surface area contributed by atoms with Gasteiger partial charge in [-0.1, -0.05) is 22.4 Å². The fourth-order valence-corrected chi connectivity index (χ4v) is 0.634. The Morgan fingerprint density at radius 1 is 1.88 bits per heavy atom. The average Bonchev–Trinajstić information content (AvgIpc) is 1.68. The van der Waals surface area contributed by atoms with Crippen molar-refractivity contribution in [2.24, 2.45) is 4.58 Å². The standard InChI is InChI=1S/BBrINO2S.BH3/c2-6-1(3)7-4-5;/h;1H3. The van der Waals surface area contributed by atoms with Crippen molar-refractivity contribution in [1.29, 1.82) is 0 Å². The fraction of sp³-hybridized carbons (Fsp3) is 0. The summed E-state index contributed by atoms with van der Waals surface area (Å²) in [6, 6.07) is 0. The van der Waals surface area contributed by atoms with E-state index >= 15 is 0 Å². The number of rotatable bonds is 3. The lowest BCUT2D eigenvalue weighted by Gasteiger charge is -1.87.